The number of hydrogen-bond acceptors (Lipinski definition) is 7. The first-order chi connectivity index (χ1) is 19.4. The first kappa shape index (κ1) is 25.9. The molecule has 1 aliphatic rings. The van der Waals surface area contributed by atoms with Gasteiger partial charge in [-0.3, -0.25) is 18.9 Å². The van der Waals surface area contributed by atoms with Crippen molar-refractivity contribution in [1.29, 1.82) is 0 Å². The molecule has 206 valence electrons. The van der Waals surface area contributed by atoms with Crippen molar-refractivity contribution in [2.45, 2.75) is 71.1 Å². The molecule has 0 amide bonds. The first-order valence-corrected chi connectivity index (χ1v) is 13.8. The molecule has 1 aliphatic heterocycles. The maximum Gasteiger partial charge on any atom is 0.439 e. The van der Waals surface area contributed by atoms with Crippen LogP contribution in [0.25, 0.3) is 28.3 Å². The van der Waals surface area contributed by atoms with E-state index in [1.54, 1.807) is 0 Å². The Morgan fingerprint density at radius 1 is 1.00 bits per heavy atom. The molecule has 0 saturated carbocycles. The molecule has 0 spiro atoms. The number of H-pyrrole nitrogens is 1. The number of hydrogen-bond donors (Lipinski definition) is 1. The fourth-order valence-corrected chi connectivity index (χ4v) is 5.95. The van der Waals surface area contributed by atoms with Crippen molar-refractivity contribution < 1.29 is 9.26 Å². The molecule has 1 fully saturated rings. The van der Waals surface area contributed by atoms with Crippen LogP contribution in [-0.4, -0.2) is 41.5 Å². The predicted octanol–water partition coefficient (Wildman–Crippen LogP) is 4.57. The van der Waals surface area contributed by atoms with Gasteiger partial charge < -0.3 is 4.74 Å². The molecule has 10 nitrogen and oxygen atoms in total. The molecule has 0 aliphatic carbocycles. The van der Waals surface area contributed by atoms with Crippen LogP contribution in [0.3, 0.4) is 0 Å². The SMILES string of the molecule is CCCc1c(Cc2ccc(-c3ccccc3-c3noc(=O)[nH]3)cc2)c(=O)n([C@@H]2C[C@@H](C)O[C@@H](C)C2)c2ncnn12. The topological polar surface area (TPSA) is 120 Å². The van der Waals surface area contributed by atoms with Crippen LogP contribution in [0.15, 0.2) is 69.0 Å². The minimum absolute atomic E-state index is 0.000316. The summed E-state index contributed by atoms with van der Waals surface area (Å²) in [5, 5.41) is 8.40. The summed E-state index contributed by atoms with van der Waals surface area (Å²) in [6, 6.07) is 15.8. The van der Waals surface area contributed by atoms with Crippen LogP contribution < -0.4 is 11.3 Å². The summed E-state index contributed by atoms with van der Waals surface area (Å²) in [6.07, 6.45) is 5.27. The van der Waals surface area contributed by atoms with E-state index in [9.17, 15) is 9.59 Å². The molecule has 6 rings (SSSR count). The summed E-state index contributed by atoms with van der Waals surface area (Å²) in [7, 11) is 0. The Bertz CT molecular complexity index is 1750. The number of fused-ring (bicyclic) bond motifs is 1. The van der Waals surface area contributed by atoms with Gasteiger partial charge >= 0.3 is 5.76 Å². The number of rotatable bonds is 7. The summed E-state index contributed by atoms with van der Waals surface area (Å²) < 4.78 is 14.4. The molecule has 4 heterocycles. The fraction of sp³-hybridized carbons (Fsp3) is 0.367. The maximum atomic E-state index is 14.2. The molecule has 1 saturated heterocycles. The van der Waals surface area contributed by atoms with E-state index in [1.165, 1.54) is 6.33 Å². The second-order valence-corrected chi connectivity index (χ2v) is 10.6. The summed E-state index contributed by atoms with van der Waals surface area (Å²) >= 11 is 0. The minimum atomic E-state index is -0.595. The van der Waals surface area contributed by atoms with Gasteiger partial charge in [-0.15, -0.1) is 0 Å². The van der Waals surface area contributed by atoms with Crippen molar-refractivity contribution in [2.24, 2.45) is 0 Å². The summed E-state index contributed by atoms with van der Waals surface area (Å²) in [5.41, 5.74) is 5.33. The number of nitrogens with zero attached hydrogens (tertiary/aromatic N) is 5. The van der Waals surface area contributed by atoms with E-state index >= 15 is 0 Å². The van der Waals surface area contributed by atoms with Crippen LogP contribution in [0, 0.1) is 0 Å². The lowest BCUT2D eigenvalue weighted by molar-refractivity contribution is -0.0488. The van der Waals surface area contributed by atoms with Gasteiger partial charge in [-0.1, -0.05) is 67.0 Å². The van der Waals surface area contributed by atoms with E-state index in [0.717, 1.165) is 59.2 Å². The Morgan fingerprint density at radius 3 is 2.40 bits per heavy atom. The molecule has 0 radical (unpaired) electrons. The van der Waals surface area contributed by atoms with Crippen molar-refractivity contribution in [1.82, 2.24) is 29.3 Å². The van der Waals surface area contributed by atoms with E-state index in [2.05, 4.69) is 41.0 Å². The first-order valence-electron chi connectivity index (χ1n) is 13.8. The third-order valence-electron chi connectivity index (χ3n) is 7.62. The van der Waals surface area contributed by atoms with E-state index in [0.29, 0.717) is 18.0 Å². The van der Waals surface area contributed by atoms with Gasteiger partial charge in [0.05, 0.1) is 17.9 Å². The molecule has 3 atom stereocenters. The standard InChI is InChI=1S/C30H32N6O4/c1-4-7-26-25(28(37)35(29-31-17-32-36(26)29)22-14-18(2)39-19(3)15-22)16-20-10-12-21(13-11-20)23-8-5-6-9-24(23)27-33-30(38)40-34-27/h5-6,8-13,17-19,22H,4,7,14-16H2,1-3H3,(H,33,34,38)/t18-,19+,22-. The lowest BCUT2D eigenvalue weighted by Crippen LogP contribution is -2.38. The third-order valence-corrected chi connectivity index (χ3v) is 7.62. The zero-order valence-corrected chi connectivity index (χ0v) is 22.8. The Kier molecular flexibility index (Phi) is 6.93. The second-order valence-electron chi connectivity index (χ2n) is 10.6. The Balaban J connectivity index is 1.39. The molecule has 10 heteroatoms. The smallest absolute Gasteiger partial charge is 0.375 e. The second kappa shape index (κ2) is 10.7. The Labute approximate surface area is 230 Å². The number of aromatic nitrogens is 6. The van der Waals surface area contributed by atoms with Crippen molar-refractivity contribution in [3.63, 3.8) is 0 Å². The number of ether oxygens (including phenoxy) is 1. The van der Waals surface area contributed by atoms with E-state index in [-0.39, 0.29) is 23.8 Å². The van der Waals surface area contributed by atoms with Crippen molar-refractivity contribution in [3.05, 3.63) is 92.6 Å². The highest BCUT2D eigenvalue weighted by molar-refractivity contribution is 5.80. The van der Waals surface area contributed by atoms with Crippen LogP contribution in [-0.2, 0) is 17.6 Å². The van der Waals surface area contributed by atoms with Crippen LogP contribution in [0.5, 0.6) is 0 Å². The van der Waals surface area contributed by atoms with Gasteiger partial charge in [0.15, 0.2) is 5.82 Å². The molecule has 40 heavy (non-hydrogen) atoms. The highest BCUT2D eigenvalue weighted by Gasteiger charge is 2.30. The molecule has 3 aromatic heterocycles. The van der Waals surface area contributed by atoms with Gasteiger partial charge in [-0.25, -0.2) is 9.31 Å². The zero-order valence-electron chi connectivity index (χ0n) is 22.8. The molecule has 2 aromatic carbocycles. The number of aromatic amines is 1. The zero-order chi connectivity index (χ0) is 27.8. The highest BCUT2D eigenvalue weighted by Crippen LogP contribution is 2.31. The van der Waals surface area contributed by atoms with Crippen molar-refractivity contribution >= 4 is 5.78 Å². The molecule has 5 aromatic rings. The van der Waals surface area contributed by atoms with E-state index in [1.807, 2.05) is 57.6 Å². The summed E-state index contributed by atoms with van der Waals surface area (Å²) in [4.78, 5) is 32.9. The average molecular weight is 541 g/mol. The number of aryl methyl sites for hydroxylation is 1. The van der Waals surface area contributed by atoms with E-state index in [4.69, 9.17) is 9.26 Å². The number of nitrogens with one attached hydrogen (secondary N) is 1. The maximum absolute atomic E-state index is 14.2. The molecule has 0 unspecified atom stereocenters. The lowest BCUT2D eigenvalue weighted by Gasteiger charge is -2.33. The van der Waals surface area contributed by atoms with Crippen LogP contribution in [0.2, 0.25) is 0 Å². The van der Waals surface area contributed by atoms with Gasteiger partial charge in [0.1, 0.15) is 6.33 Å². The minimum Gasteiger partial charge on any atom is -0.375 e. The quantitative estimate of drug-likeness (QED) is 0.321. The highest BCUT2D eigenvalue weighted by atomic mass is 16.5. The Hall–Kier alpha value is -4.31. The fourth-order valence-electron chi connectivity index (χ4n) is 5.95. The van der Waals surface area contributed by atoms with Crippen LogP contribution in [0.1, 0.15) is 62.9 Å². The normalized spacial score (nSPS) is 19.3. The van der Waals surface area contributed by atoms with Gasteiger partial charge in [-0.05, 0) is 49.8 Å². The van der Waals surface area contributed by atoms with Crippen LogP contribution >= 0.6 is 0 Å². The largest absolute Gasteiger partial charge is 0.439 e. The lowest BCUT2D eigenvalue weighted by atomic mass is 9.95. The van der Waals surface area contributed by atoms with E-state index < -0.39 is 5.76 Å². The van der Waals surface area contributed by atoms with Gasteiger partial charge in [0.2, 0.25) is 5.78 Å². The van der Waals surface area contributed by atoms with Crippen molar-refractivity contribution in [3.8, 4) is 22.5 Å². The van der Waals surface area contributed by atoms with Crippen molar-refractivity contribution in [2.75, 3.05) is 0 Å². The van der Waals surface area contributed by atoms with Gasteiger partial charge in [0, 0.05) is 23.6 Å². The van der Waals surface area contributed by atoms with Gasteiger partial charge in [0.25, 0.3) is 5.56 Å². The third kappa shape index (κ3) is 4.79. The van der Waals surface area contributed by atoms with Crippen LogP contribution in [0.4, 0.5) is 0 Å². The molecule has 1 N–H and O–H groups in total. The summed E-state index contributed by atoms with van der Waals surface area (Å²) in [6.45, 7) is 6.22. The average Bonchev–Trinajstić information content (AvgIpc) is 3.60. The number of benzene rings is 2. The predicted molar refractivity (Wildman–Crippen MR) is 150 cm³/mol. The summed E-state index contributed by atoms with van der Waals surface area (Å²) in [5.74, 6) is 0.386. The monoisotopic (exact) mass is 540 g/mol. The Morgan fingerprint density at radius 2 is 1.73 bits per heavy atom. The molecular formula is C30H32N6O4. The van der Waals surface area contributed by atoms with Gasteiger partial charge in [-0.2, -0.15) is 10.1 Å². The molecular weight excluding hydrogens is 508 g/mol. The molecule has 0 bridgehead atoms.